The number of fused-ring (bicyclic) bond motifs is 1. The molecule has 0 bridgehead atoms. The summed E-state index contributed by atoms with van der Waals surface area (Å²) in [6.07, 6.45) is 1.12. The van der Waals surface area contributed by atoms with E-state index in [0.29, 0.717) is 42.8 Å². The Balaban J connectivity index is 1.63. The van der Waals surface area contributed by atoms with Crippen molar-refractivity contribution in [3.8, 4) is 0 Å². The largest absolute Gasteiger partial charge is 0.383 e. The fraction of sp³-hybridized carbons (Fsp3) is 0.273. The van der Waals surface area contributed by atoms with Crippen molar-refractivity contribution < 1.29 is 9.59 Å². The minimum Gasteiger partial charge on any atom is -0.383 e. The van der Waals surface area contributed by atoms with Crippen LogP contribution in [0.4, 0.5) is 17.5 Å². The molecule has 0 saturated heterocycles. The molecule has 0 unspecified atom stereocenters. The SMILES string of the molecule is CC(=O)CCCNC(=O)c1ccc(N(C)Cc2ccc3nc(N)nc(N)c3c2)cc1. The standard InChI is InChI=1S/C22H26N6O2/c1-14(29)4-3-11-25-21(30)16-6-8-17(9-7-16)28(2)13-15-5-10-19-18(12-15)20(23)27-22(24)26-19/h5-10,12H,3-4,11,13H2,1-2H3,(H,25,30)(H4,23,24,26,27). The summed E-state index contributed by atoms with van der Waals surface area (Å²) < 4.78 is 0. The van der Waals surface area contributed by atoms with Crippen LogP contribution in [0.15, 0.2) is 42.5 Å². The lowest BCUT2D eigenvalue weighted by Crippen LogP contribution is -2.25. The summed E-state index contributed by atoms with van der Waals surface area (Å²) in [5.41, 5.74) is 14.9. The zero-order valence-corrected chi connectivity index (χ0v) is 17.2. The number of nitrogens with zero attached hydrogens (tertiary/aromatic N) is 3. The van der Waals surface area contributed by atoms with E-state index >= 15 is 0 Å². The van der Waals surface area contributed by atoms with Crippen molar-refractivity contribution >= 4 is 40.0 Å². The molecular formula is C22H26N6O2. The molecule has 0 aliphatic heterocycles. The Labute approximate surface area is 175 Å². The number of ketones is 1. The zero-order chi connectivity index (χ0) is 21.7. The van der Waals surface area contributed by atoms with Crippen molar-refractivity contribution in [2.45, 2.75) is 26.3 Å². The van der Waals surface area contributed by atoms with Crippen molar-refractivity contribution in [3.63, 3.8) is 0 Å². The first-order valence-electron chi connectivity index (χ1n) is 9.74. The molecule has 156 valence electrons. The van der Waals surface area contributed by atoms with Gasteiger partial charge in [0.15, 0.2) is 0 Å². The molecule has 3 rings (SSSR count). The Morgan fingerprint density at radius 2 is 1.80 bits per heavy atom. The molecule has 2 aromatic carbocycles. The number of aromatic nitrogens is 2. The Kier molecular flexibility index (Phi) is 6.46. The van der Waals surface area contributed by atoms with Gasteiger partial charge in [0.25, 0.3) is 5.91 Å². The molecule has 0 radical (unpaired) electrons. The van der Waals surface area contributed by atoms with Crippen LogP contribution in [0.3, 0.4) is 0 Å². The molecule has 0 aliphatic rings. The van der Waals surface area contributed by atoms with E-state index in [1.165, 1.54) is 0 Å². The van der Waals surface area contributed by atoms with Gasteiger partial charge in [0.1, 0.15) is 11.6 Å². The van der Waals surface area contributed by atoms with Crippen LogP contribution in [0.25, 0.3) is 10.9 Å². The van der Waals surface area contributed by atoms with E-state index in [2.05, 4.69) is 20.2 Å². The number of nitrogens with one attached hydrogen (secondary N) is 1. The maximum absolute atomic E-state index is 12.2. The number of Topliss-reactive ketones (excluding diaryl/α,β-unsaturated/α-hetero) is 1. The lowest BCUT2D eigenvalue weighted by atomic mass is 10.1. The Morgan fingerprint density at radius 1 is 1.07 bits per heavy atom. The summed E-state index contributed by atoms with van der Waals surface area (Å²) in [6.45, 7) is 2.68. The van der Waals surface area contributed by atoms with E-state index in [1.807, 2.05) is 37.4 Å². The van der Waals surface area contributed by atoms with E-state index in [1.54, 1.807) is 19.1 Å². The minimum atomic E-state index is -0.142. The number of anilines is 3. The topological polar surface area (TPSA) is 127 Å². The minimum absolute atomic E-state index is 0.127. The van der Waals surface area contributed by atoms with E-state index in [9.17, 15) is 9.59 Å². The van der Waals surface area contributed by atoms with Gasteiger partial charge in [-0.05, 0) is 55.3 Å². The van der Waals surface area contributed by atoms with Crippen LogP contribution in [-0.4, -0.2) is 35.3 Å². The highest BCUT2D eigenvalue weighted by atomic mass is 16.1. The maximum atomic E-state index is 12.2. The van der Waals surface area contributed by atoms with Crippen molar-refractivity contribution in [3.05, 3.63) is 53.6 Å². The lowest BCUT2D eigenvalue weighted by Gasteiger charge is -2.20. The third kappa shape index (κ3) is 5.22. The van der Waals surface area contributed by atoms with Gasteiger partial charge in [-0.25, -0.2) is 4.98 Å². The highest BCUT2D eigenvalue weighted by Crippen LogP contribution is 2.22. The fourth-order valence-corrected chi connectivity index (χ4v) is 3.19. The van der Waals surface area contributed by atoms with Gasteiger partial charge in [0, 0.05) is 43.2 Å². The number of benzene rings is 2. The van der Waals surface area contributed by atoms with Crippen LogP contribution in [0.2, 0.25) is 0 Å². The molecule has 3 aromatic rings. The Morgan fingerprint density at radius 3 is 2.50 bits per heavy atom. The Bertz CT molecular complexity index is 1070. The number of carbonyl (C=O) groups excluding carboxylic acids is 2. The van der Waals surface area contributed by atoms with Crippen molar-refractivity contribution in [1.82, 2.24) is 15.3 Å². The molecule has 30 heavy (non-hydrogen) atoms. The molecule has 0 atom stereocenters. The van der Waals surface area contributed by atoms with Crippen LogP contribution in [0.1, 0.15) is 35.7 Å². The summed E-state index contributed by atoms with van der Waals surface area (Å²) in [5, 5.41) is 3.60. The first kappa shape index (κ1) is 21.0. The van der Waals surface area contributed by atoms with Crippen molar-refractivity contribution in [2.75, 3.05) is 30.0 Å². The van der Waals surface area contributed by atoms with E-state index in [0.717, 1.165) is 16.6 Å². The average molecular weight is 406 g/mol. The molecule has 0 fully saturated rings. The van der Waals surface area contributed by atoms with Crippen LogP contribution in [0.5, 0.6) is 0 Å². The lowest BCUT2D eigenvalue weighted by molar-refractivity contribution is -0.117. The van der Waals surface area contributed by atoms with E-state index in [-0.39, 0.29) is 17.6 Å². The van der Waals surface area contributed by atoms with E-state index < -0.39 is 0 Å². The van der Waals surface area contributed by atoms with Gasteiger partial charge < -0.3 is 26.5 Å². The Hall–Kier alpha value is -3.68. The van der Waals surface area contributed by atoms with Crippen LogP contribution < -0.4 is 21.7 Å². The molecular weight excluding hydrogens is 380 g/mol. The number of hydrogen-bond donors (Lipinski definition) is 3. The van der Waals surface area contributed by atoms with Gasteiger partial charge in [-0.15, -0.1) is 0 Å². The number of hydrogen-bond acceptors (Lipinski definition) is 7. The highest BCUT2D eigenvalue weighted by Gasteiger charge is 2.09. The first-order chi connectivity index (χ1) is 14.3. The number of rotatable bonds is 8. The molecule has 1 heterocycles. The first-order valence-corrected chi connectivity index (χ1v) is 9.74. The third-order valence-corrected chi connectivity index (χ3v) is 4.79. The number of nitrogens with two attached hydrogens (primary N) is 2. The second kappa shape index (κ2) is 9.21. The molecule has 0 saturated carbocycles. The van der Waals surface area contributed by atoms with E-state index in [4.69, 9.17) is 11.5 Å². The molecule has 1 amide bonds. The highest BCUT2D eigenvalue weighted by molar-refractivity contribution is 5.94. The van der Waals surface area contributed by atoms with Gasteiger partial charge in [-0.2, -0.15) is 4.98 Å². The number of amides is 1. The second-order valence-electron chi connectivity index (χ2n) is 7.28. The molecule has 0 aliphatic carbocycles. The predicted molar refractivity (Wildman–Crippen MR) is 119 cm³/mol. The van der Waals surface area contributed by atoms with Crippen molar-refractivity contribution in [2.24, 2.45) is 0 Å². The summed E-state index contributed by atoms with van der Waals surface area (Å²) in [5.74, 6) is 0.507. The summed E-state index contributed by atoms with van der Waals surface area (Å²) in [7, 11) is 1.98. The average Bonchev–Trinajstić information content (AvgIpc) is 2.71. The smallest absolute Gasteiger partial charge is 0.251 e. The van der Waals surface area contributed by atoms with Crippen LogP contribution in [0, 0.1) is 0 Å². The normalized spacial score (nSPS) is 10.7. The third-order valence-electron chi connectivity index (χ3n) is 4.79. The molecule has 8 heteroatoms. The predicted octanol–water partition coefficient (Wildman–Crippen LogP) is 2.53. The van der Waals surface area contributed by atoms with Crippen molar-refractivity contribution in [1.29, 1.82) is 0 Å². The summed E-state index contributed by atoms with van der Waals surface area (Å²) >= 11 is 0. The monoisotopic (exact) mass is 406 g/mol. The fourth-order valence-electron chi connectivity index (χ4n) is 3.19. The summed E-state index contributed by atoms with van der Waals surface area (Å²) in [6, 6.07) is 13.2. The molecule has 5 N–H and O–H groups in total. The quantitative estimate of drug-likeness (QED) is 0.491. The van der Waals surface area contributed by atoms with Gasteiger partial charge >= 0.3 is 0 Å². The van der Waals surface area contributed by atoms with Gasteiger partial charge in [0.05, 0.1) is 5.52 Å². The molecule has 8 nitrogen and oxygen atoms in total. The van der Waals surface area contributed by atoms with Crippen LogP contribution >= 0.6 is 0 Å². The summed E-state index contributed by atoms with van der Waals surface area (Å²) in [4.78, 5) is 33.4. The van der Waals surface area contributed by atoms with Gasteiger partial charge in [-0.3, -0.25) is 4.79 Å². The maximum Gasteiger partial charge on any atom is 0.251 e. The van der Waals surface area contributed by atoms with Gasteiger partial charge in [-0.1, -0.05) is 6.07 Å². The zero-order valence-electron chi connectivity index (χ0n) is 17.2. The molecule has 0 spiro atoms. The number of carbonyl (C=O) groups is 2. The van der Waals surface area contributed by atoms with Crippen LogP contribution in [-0.2, 0) is 11.3 Å². The number of nitrogen functional groups attached to an aromatic ring is 2. The van der Waals surface area contributed by atoms with Gasteiger partial charge in [0.2, 0.25) is 5.95 Å². The second-order valence-corrected chi connectivity index (χ2v) is 7.28. The molecule has 1 aromatic heterocycles.